The minimum absolute atomic E-state index is 0.413. The first-order valence-electron chi connectivity index (χ1n) is 5.74. The zero-order valence-corrected chi connectivity index (χ0v) is 11.5. The molecule has 6 nitrogen and oxygen atoms in total. The Labute approximate surface area is 110 Å². The molecule has 1 atom stereocenters. The van der Waals surface area contributed by atoms with Crippen LogP contribution in [0.5, 0.6) is 0 Å². The van der Waals surface area contributed by atoms with Crippen LogP contribution in [-0.2, 0) is 12.8 Å². The summed E-state index contributed by atoms with van der Waals surface area (Å²) >= 11 is 1.77. The highest BCUT2D eigenvalue weighted by molar-refractivity contribution is 7.99. The number of hydrogen-bond acceptors (Lipinski definition) is 6. The summed E-state index contributed by atoms with van der Waals surface area (Å²) in [6.45, 7) is 4.26. The van der Waals surface area contributed by atoms with Crippen LogP contribution < -0.4 is 5.73 Å². The highest BCUT2D eigenvalue weighted by Crippen LogP contribution is 2.19. The van der Waals surface area contributed by atoms with Gasteiger partial charge in [0.05, 0.1) is 11.9 Å². The fraction of sp³-hybridized carbons (Fsp3) is 0.545. The maximum absolute atomic E-state index is 6.04. The summed E-state index contributed by atoms with van der Waals surface area (Å²) in [7, 11) is 1.84. The zero-order valence-electron chi connectivity index (χ0n) is 10.7. The summed E-state index contributed by atoms with van der Waals surface area (Å²) in [5.74, 6) is 1.85. The molecule has 2 N–H and O–H groups in total. The Morgan fingerprint density at radius 3 is 2.89 bits per heavy atom. The second kappa shape index (κ2) is 5.53. The highest BCUT2D eigenvalue weighted by atomic mass is 32.2. The molecule has 0 radical (unpaired) electrons. The molecule has 0 aliphatic carbocycles. The predicted molar refractivity (Wildman–Crippen MR) is 70.0 cm³/mol. The maximum Gasteiger partial charge on any atom is 0.248 e. The average Bonchev–Trinajstić information content (AvgIpc) is 2.94. The van der Waals surface area contributed by atoms with E-state index in [-0.39, 0.29) is 0 Å². The number of aromatic nitrogens is 4. The van der Waals surface area contributed by atoms with Crippen LogP contribution in [0.3, 0.4) is 0 Å². The molecule has 7 heteroatoms. The van der Waals surface area contributed by atoms with Gasteiger partial charge in [0.1, 0.15) is 6.04 Å². The molecule has 0 bridgehead atoms. The molecule has 0 amide bonds. The molecular formula is C11H17N5OS. The first-order chi connectivity index (χ1) is 8.56. The first-order valence-corrected chi connectivity index (χ1v) is 6.79. The van der Waals surface area contributed by atoms with Crippen molar-refractivity contribution >= 4 is 11.8 Å². The molecule has 2 aromatic rings. The van der Waals surface area contributed by atoms with Crippen LogP contribution >= 0.6 is 11.8 Å². The number of rotatable bonds is 5. The Kier molecular flexibility index (Phi) is 4.03. The zero-order chi connectivity index (χ0) is 13.1. The van der Waals surface area contributed by atoms with E-state index >= 15 is 0 Å². The monoisotopic (exact) mass is 267 g/mol. The summed E-state index contributed by atoms with van der Waals surface area (Å²) in [4.78, 5) is 4.31. The fourth-order valence-electron chi connectivity index (χ4n) is 1.44. The minimum Gasteiger partial charge on any atom is -0.337 e. The van der Waals surface area contributed by atoms with E-state index in [1.807, 2.05) is 13.2 Å². The van der Waals surface area contributed by atoms with Gasteiger partial charge in [-0.15, -0.1) is 0 Å². The molecule has 0 aliphatic heterocycles. The largest absolute Gasteiger partial charge is 0.337 e. The molecule has 0 spiro atoms. The molecular weight excluding hydrogens is 250 g/mol. The molecule has 0 aromatic carbocycles. The Bertz CT molecular complexity index is 507. The van der Waals surface area contributed by atoms with E-state index in [2.05, 4.69) is 29.1 Å². The van der Waals surface area contributed by atoms with E-state index in [0.717, 1.165) is 11.3 Å². The van der Waals surface area contributed by atoms with E-state index in [4.69, 9.17) is 10.3 Å². The van der Waals surface area contributed by atoms with Crippen LogP contribution in [-0.4, -0.2) is 25.2 Å². The van der Waals surface area contributed by atoms with E-state index < -0.39 is 6.04 Å². The van der Waals surface area contributed by atoms with E-state index in [1.165, 1.54) is 0 Å². The van der Waals surface area contributed by atoms with Crippen molar-refractivity contribution in [2.24, 2.45) is 12.8 Å². The van der Waals surface area contributed by atoms with Crippen molar-refractivity contribution in [3.05, 3.63) is 29.7 Å². The Morgan fingerprint density at radius 2 is 2.28 bits per heavy atom. The van der Waals surface area contributed by atoms with Crippen molar-refractivity contribution in [2.45, 2.75) is 30.9 Å². The van der Waals surface area contributed by atoms with Crippen molar-refractivity contribution in [2.75, 3.05) is 0 Å². The van der Waals surface area contributed by atoms with Gasteiger partial charge in [-0.25, -0.2) is 0 Å². The van der Waals surface area contributed by atoms with Gasteiger partial charge in [0.2, 0.25) is 5.89 Å². The summed E-state index contributed by atoms with van der Waals surface area (Å²) < 4.78 is 6.88. The standard InChI is InChI=1S/C11H17N5OS/c1-7(2)18-6-9-14-11(17-15-9)10(12)8-4-13-16(3)5-8/h4-5,7,10H,6,12H2,1-3H3. The van der Waals surface area contributed by atoms with Gasteiger partial charge in [-0.1, -0.05) is 19.0 Å². The number of nitrogens with zero attached hydrogens (tertiary/aromatic N) is 4. The molecule has 0 aliphatic rings. The highest BCUT2D eigenvalue weighted by Gasteiger charge is 2.18. The van der Waals surface area contributed by atoms with Crippen molar-refractivity contribution < 1.29 is 4.52 Å². The van der Waals surface area contributed by atoms with Gasteiger partial charge in [0.15, 0.2) is 5.82 Å². The van der Waals surface area contributed by atoms with Crippen molar-refractivity contribution in [3.8, 4) is 0 Å². The van der Waals surface area contributed by atoms with Gasteiger partial charge in [-0.2, -0.15) is 21.8 Å². The van der Waals surface area contributed by atoms with Crippen LogP contribution in [0.4, 0.5) is 0 Å². The third-order valence-electron chi connectivity index (χ3n) is 2.38. The van der Waals surface area contributed by atoms with Gasteiger partial charge in [-0.3, -0.25) is 4.68 Å². The third kappa shape index (κ3) is 3.11. The van der Waals surface area contributed by atoms with Crippen molar-refractivity contribution in [1.29, 1.82) is 0 Å². The molecule has 2 aromatic heterocycles. The molecule has 1 unspecified atom stereocenters. The summed E-state index contributed by atoms with van der Waals surface area (Å²) in [5, 5.41) is 8.54. The number of hydrogen-bond donors (Lipinski definition) is 1. The summed E-state index contributed by atoms with van der Waals surface area (Å²) in [6.07, 6.45) is 3.55. The maximum atomic E-state index is 6.04. The van der Waals surface area contributed by atoms with Crippen LogP contribution in [0.15, 0.2) is 16.9 Å². The number of nitrogens with two attached hydrogens (primary N) is 1. The lowest BCUT2D eigenvalue weighted by atomic mass is 10.2. The van der Waals surface area contributed by atoms with Crippen LogP contribution in [0.25, 0.3) is 0 Å². The molecule has 98 valence electrons. The lowest BCUT2D eigenvalue weighted by Gasteiger charge is -2.02. The number of aryl methyl sites for hydroxylation is 1. The molecule has 2 rings (SSSR count). The topological polar surface area (TPSA) is 82.8 Å². The number of thioether (sulfide) groups is 1. The van der Waals surface area contributed by atoms with E-state index in [9.17, 15) is 0 Å². The molecule has 2 heterocycles. The molecule has 18 heavy (non-hydrogen) atoms. The van der Waals surface area contributed by atoms with Crippen LogP contribution in [0.1, 0.15) is 37.2 Å². The first kappa shape index (κ1) is 13.1. The van der Waals surface area contributed by atoms with Gasteiger partial charge in [-0.05, 0) is 5.25 Å². The van der Waals surface area contributed by atoms with Gasteiger partial charge in [0.25, 0.3) is 0 Å². The predicted octanol–water partition coefficient (Wildman–Crippen LogP) is 1.49. The quantitative estimate of drug-likeness (QED) is 0.883. The third-order valence-corrected chi connectivity index (χ3v) is 3.47. The Balaban J connectivity index is 2.05. The Hall–Kier alpha value is -1.34. The van der Waals surface area contributed by atoms with Gasteiger partial charge < -0.3 is 10.3 Å². The normalized spacial score (nSPS) is 13.2. The Morgan fingerprint density at radius 1 is 1.50 bits per heavy atom. The van der Waals surface area contributed by atoms with E-state index in [0.29, 0.717) is 17.0 Å². The average molecular weight is 267 g/mol. The molecule has 0 saturated carbocycles. The van der Waals surface area contributed by atoms with Gasteiger partial charge >= 0.3 is 0 Å². The lowest BCUT2D eigenvalue weighted by Crippen LogP contribution is -2.11. The summed E-state index contributed by atoms with van der Waals surface area (Å²) in [6, 6.07) is -0.413. The fourth-order valence-corrected chi connectivity index (χ4v) is 2.04. The van der Waals surface area contributed by atoms with Crippen LogP contribution in [0, 0.1) is 0 Å². The van der Waals surface area contributed by atoms with Crippen molar-refractivity contribution in [1.82, 2.24) is 19.9 Å². The second-order valence-corrected chi connectivity index (χ2v) is 5.90. The van der Waals surface area contributed by atoms with Gasteiger partial charge in [0, 0.05) is 18.8 Å². The lowest BCUT2D eigenvalue weighted by molar-refractivity contribution is 0.363. The summed E-state index contributed by atoms with van der Waals surface area (Å²) in [5.41, 5.74) is 6.91. The SMILES string of the molecule is CC(C)SCc1noc(C(N)c2cnn(C)c2)n1. The van der Waals surface area contributed by atoms with Crippen LogP contribution in [0.2, 0.25) is 0 Å². The minimum atomic E-state index is -0.413. The smallest absolute Gasteiger partial charge is 0.248 e. The second-order valence-electron chi connectivity index (χ2n) is 4.33. The molecule has 0 fully saturated rings. The van der Waals surface area contributed by atoms with E-state index in [1.54, 1.807) is 22.6 Å². The molecule has 0 saturated heterocycles. The van der Waals surface area contributed by atoms with Crippen molar-refractivity contribution in [3.63, 3.8) is 0 Å².